The highest BCUT2D eigenvalue weighted by molar-refractivity contribution is 6.07. The lowest BCUT2D eigenvalue weighted by molar-refractivity contribution is 0.0698. The maximum atomic E-state index is 11.3. The number of pyridine rings is 1. The molecule has 3 heterocycles. The molecule has 6 heteroatoms. The van der Waals surface area contributed by atoms with E-state index in [1.54, 1.807) is 0 Å². The lowest BCUT2D eigenvalue weighted by atomic mass is 10.1. The fourth-order valence-corrected chi connectivity index (χ4v) is 2.48. The van der Waals surface area contributed by atoms with Gasteiger partial charge in [-0.2, -0.15) is 0 Å². The molecule has 19 heavy (non-hydrogen) atoms. The van der Waals surface area contributed by atoms with Gasteiger partial charge in [-0.3, -0.25) is 0 Å². The van der Waals surface area contributed by atoms with Gasteiger partial charge in [-0.15, -0.1) is 0 Å². The van der Waals surface area contributed by atoms with Crippen molar-refractivity contribution < 1.29 is 14.6 Å². The molecule has 0 bridgehead atoms. The van der Waals surface area contributed by atoms with Crippen LogP contribution in [0.15, 0.2) is 12.4 Å². The topological polar surface area (TPSA) is 78.5 Å². The first kappa shape index (κ1) is 12.0. The van der Waals surface area contributed by atoms with Gasteiger partial charge >= 0.3 is 5.97 Å². The van der Waals surface area contributed by atoms with Crippen molar-refractivity contribution in [3.63, 3.8) is 0 Å². The van der Waals surface area contributed by atoms with Crippen molar-refractivity contribution in [2.75, 3.05) is 31.2 Å². The normalized spacial score (nSPS) is 15.9. The van der Waals surface area contributed by atoms with Crippen LogP contribution >= 0.6 is 0 Å². The molecule has 0 aliphatic carbocycles. The van der Waals surface area contributed by atoms with E-state index >= 15 is 0 Å². The molecule has 0 radical (unpaired) electrons. The average molecular weight is 261 g/mol. The van der Waals surface area contributed by atoms with Crippen LogP contribution in [0.25, 0.3) is 10.9 Å². The maximum Gasteiger partial charge on any atom is 0.337 e. The van der Waals surface area contributed by atoms with Gasteiger partial charge in [0.2, 0.25) is 0 Å². The van der Waals surface area contributed by atoms with Crippen LogP contribution in [0.3, 0.4) is 0 Å². The van der Waals surface area contributed by atoms with Gasteiger partial charge in [0.05, 0.1) is 24.3 Å². The summed E-state index contributed by atoms with van der Waals surface area (Å²) in [7, 11) is 0. The highest BCUT2D eigenvalue weighted by Crippen LogP contribution is 2.29. The van der Waals surface area contributed by atoms with Crippen LogP contribution in [0.2, 0.25) is 0 Å². The molecule has 0 saturated carbocycles. The number of hydrogen-bond donors (Lipinski definition) is 2. The molecule has 0 unspecified atom stereocenters. The molecule has 0 spiro atoms. The van der Waals surface area contributed by atoms with Crippen LogP contribution < -0.4 is 4.90 Å². The number of aromatic nitrogens is 2. The van der Waals surface area contributed by atoms with Crippen molar-refractivity contribution in [2.45, 2.75) is 6.92 Å². The molecule has 3 rings (SSSR count). The lowest BCUT2D eigenvalue weighted by Gasteiger charge is -2.28. The van der Waals surface area contributed by atoms with Crippen molar-refractivity contribution in [2.24, 2.45) is 0 Å². The van der Waals surface area contributed by atoms with Gasteiger partial charge in [0, 0.05) is 30.9 Å². The predicted molar refractivity (Wildman–Crippen MR) is 70.8 cm³/mol. The number of morpholine rings is 1. The van der Waals surface area contributed by atoms with E-state index in [9.17, 15) is 9.90 Å². The number of ether oxygens (including phenoxy) is 1. The highest BCUT2D eigenvalue weighted by atomic mass is 16.5. The Morgan fingerprint density at radius 1 is 1.47 bits per heavy atom. The number of hydrogen-bond acceptors (Lipinski definition) is 4. The number of carboxylic acid groups (broad SMARTS) is 1. The molecule has 1 saturated heterocycles. The molecule has 2 N–H and O–H groups in total. The summed E-state index contributed by atoms with van der Waals surface area (Å²) in [6.45, 7) is 4.78. The number of fused-ring (bicyclic) bond motifs is 1. The third-order valence-corrected chi connectivity index (χ3v) is 3.43. The van der Waals surface area contributed by atoms with Crippen molar-refractivity contribution in [1.82, 2.24) is 9.97 Å². The van der Waals surface area contributed by atoms with Crippen molar-refractivity contribution in [3.8, 4) is 0 Å². The number of carboxylic acids is 1. The molecule has 2 aromatic heterocycles. The number of carbonyl (C=O) groups is 1. The van der Waals surface area contributed by atoms with E-state index in [2.05, 4.69) is 14.9 Å². The molecule has 0 aromatic carbocycles. The van der Waals surface area contributed by atoms with Gasteiger partial charge in [-0.1, -0.05) is 0 Å². The Hall–Kier alpha value is -2.08. The number of aryl methyl sites for hydroxylation is 1. The van der Waals surface area contributed by atoms with E-state index in [0.717, 1.165) is 35.4 Å². The van der Waals surface area contributed by atoms with Crippen LogP contribution in [0.5, 0.6) is 0 Å². The number of anilines is 1. The molecule has 1 fully saturated rings. The first-order valence-corrected chi connectivity index (χ1v) is 6.21. The Bertz CT molecular complexity index is 629. The third kappa shape index (κ3) is 1.94. The molecule has 1 aliphatic rings. The molecule has 100 valence electrons. The summed E-state index contributed by atoms with van der Waals surface area (Å²) in [5, 5.41) is 9.98. The zero-order valence-corrected chi connectivity index (χ0v) is 10.6. The molecule has 0 atom stereocenters. The fourth-order valence-electron chi connectivity index (χ4n) is 2.48. The minimum absolute atomic E-state index is 0.241. The van der Waals surface area contributed by atoms with Gasteiger partial charge in [0.1, 0.15) is 0 Å². The number of H-pyrrole nitrogens is 1. The van der Waals surface area contributed by atoms with E-state index in [-0.39, 0.29) is 5.56 Å². The second kappa shape index (κ2) is 4.55. The number of nitrogens with one attached hydrogen (secondary N) is 1. The number of nitrogens with zero attached hydrogens (tertiary/aromatic N) is 2. The molecule has 2 aromatic rings. The van der Waals surface area contributed by atoms with Gasteiger partial charge < -0.3 is 19.7 Å². The fraction of sp³-hybridized carbons (Fsp3) is 0.385. The molecular formula is C13H15N3O3. The van der Waals surface area contributed by atoms with E-state index in [0.29, 0.717) is 13.2 Å². The third-order valence-electron chi connectivity index (χ3n) is 3.43. The Balaban J connectivity index is 2.16. The van der Waals surface area contributed by atoms with E-state index in [4.69, 9.17) is 4.74 Å². The standard InChI is InChI=1S/C13H15N3O3/c1-8-6-14-11-10(8)9(13(17)18)7-15-12(11)16-2-4-19-5-3-16/h6-7,14H,2-5H2,1H3,(H,17,18). The van der Waals surface area contributed by atoms with E-state index < -0.39 is 5.97 Å². The smallest absolute Gasteiger partial charge is 0.337 e. The quantitative estimate of drug-likeness (QED) is 0.854. The summed E-state index contributed by atoms with van der Waals surface area (Å²) < 4.78 is 5.33. The summed E-state index contributed by atoms with van der Waals surface area (Å²) >= 11 is 0. The Labute approximate surface area is 110 Å². The Morgan fingerprint density at radius 3 is 2.89 bits per heavy atom. The SMILES string of the molecule is Cc1c[nH]c2c(N3CCOCC3)ncc(C(=O)O)c12. The monoisotopic (exact) mass is 261 g/mol. The highest BCUT2D eigenvalue weighted by Gasteiger charge is 2.20. The zero-order valence-electron chi connectivity index (χ0n) is 10.6. The van der Waals surface area contributed by atoms with Crippen molar-refractivity contribution in [3.05, 3.63) is 23.5 Å². The van der Waals surface area contributed by atoms with Gasteiger partial charge in [-0.05, 0) is 12.5 Å². The number of rotatable bonds is 2. The number of aromatic carboxylic acids is 1. The predicted octanol–water partition coefficient (Wildman–Crippen LogP) is 1.41. The van der Waals surface area contributed by atoms with E-state index in [1.807, 2.05) is 13.1 Å². The zero-order chi connectivity index (χ0) is 13.4. The van der Waals surface area contributed by atoms with Crippen LogP contribution in [-0.4, -0.2) is 47.3 Å². The van der Waals surface area contributed by atoms with Crippen molar-refractivity contribution in [1.29, 1.82) is 0 Å². The second-order valence-electron chi connectivity index (χ2n) is 4.62. The molecule has 6 nitrogen and oxygen atoms in total. The first-order valence-electron chi connectivity index (χ1n) is 6.21. The summed E-state index contributed by atoms with van der Waals surface area (Å²) in [6, 6.07) is 0. The van der Waals surface area contributed by atoms with Crippen LogP contribution in [-0.2, 0) is 4.74 Å². The average Bonchev–Trinajstić information content (AvgIpc) is 2.81. The minimum atomic E-state index is -0.950. The maximum absolute atomic E-state index is 11.3. The van der Waals surface area contributed by atoms with Gasteiger partial charge in [0.15, 0.2) is 5.82 Å². The lowest BCUT2D eigenvalue weighted by Crippen LogP contribution is -2.37. The summed E-state index contributed by atoms with van der Waals surface area (Å²) in [5.41, 5.74) is 1.95. The molecule has 1 aliphatic heterocycles. The van der Waals surface area contributed by atoms with Crippen LogP contribution in [0.4, 0.5) is 5.82 Å². The minimum Gasteiger partial charge on any atom is -0.478 e. The summed E-state index contributed by atoms with van der Waals surface area (Å²) in [5.74, 6) is -0.148. The van der Waals surface area contributed by atoms with E-state index in [1.165, 1.54) is 6.20 Å². The second-order valence-corrected chi connectivity index (χ2v) is 4.62. The van der Waals surface area contributed by atoms with Crippen LogP contribution in [0.1, 0.15) is 15.9 Å². The largest absolute Gasteiger partial charge is 0.478 e. The van der Waals surface area contributed by atoms with Gasteiger partial charge in [0.25, 0.3) is 0 Å². The molecular weight excluding hydrogens is 246 g/mol. The first-order chi connectivity index (χ1) is 9.18. The summed E-state index contributed by atoms with van der Waals surface area (Å²) in [4.78, 5) is 20.8. The van der Waals surface area contributed by atoms with Crippen LogP contribution in [0, 0.1) is 6.92 Å². The number of aromatic amines is 1. The van der Waals surface area contributed by atoms with Crippen molar-refractivity contribution >= 4 is 22.7 Å². The summed E-state index contributed by atoms with van der Waals surface area (Å²) in [6.07, 6.45) is 3.26. The molecule has 0 amide bonds. The Kier molecular flexibility index (Phi) is 2.87. The van der Waals surface area contributed by atoms with Gasteiger partial charge in [-0.25, -0.2) is 9.78 Å². The Morgan fingerprint density at radius 2 is 2.21 bits per heavy atom.